The SMILES string of the molecule is Cc1ccc(C(CC(=O)c2ccccc2)C2C(=O)NC(=O)N(C3CCCCC3)C2=O)cc1.O=C(CC(c1ccccc1)C1C(=O)NC(=O)N(c2ccccc2)C1=O)c1ccccc1.O=C1NC(=O)N(C(c2ccccc2)c2ccccc2)C(=O)C1C(c1ccccc1)c1ccccc1.O=C1NC(=O)N(C2CCCCC2)C(=O)C1C(c1ccccc1)c1ccccc1. The number of Topliss-reactive ketones (excluding diaryl/α,β-unsaturated/α-hetero) is 2. The Morgan fingerprint density at radius 2 is 0.563 bits per heavy atom. The summed E-state index contributed by atoms with van der Waals surface area (Å²) in [6.45, 7) is 1.95. The smallest absolute Gasteiger partial charge is 0.294 e. The highest BCUT2D eigenvalue weighted by atomic mass is 16.2. The standard InChI is InChI=1S/C30H24N2O3.C26H28N2O4.C25H20N2O4.C23H24N2O3/c33-28-26(25(21-13-5-1-6-14-21)22-15-7-2-8-16-22)29(34)32(30(35)31-28)27(23-17-9-3-10-18-23)24-19-11-4-12-20-24;1-17-12-14-18(15-13-17)21(16-22(29)19-8-4-2-5-9-19)23-24(30)27-26(32)28(25(23)31)20-10-6-3-7-11-20;28-21(18-12-6-2-7-13-18)16-20(17-10-4-1-5-11-17)22-23(29)26-25(31)27(24(22)30)19-14-8-3-9-15-19;26-21-20(22(27)25(23(28)24-21)18-14-8-3-9-15-18)19(16-10-4-1-5-11-16)17-12-6-2-7-13-17/h1-20,25-27H,(H,31,33,35);2,4-5,8-9,12-15,20-21,23H,3,6-7,10-11,16H2,1H3,(H,27,30,32);1-15,20,22H,16H2,(H,26,29,31);1-2,4-7,10-13,18-20H,3,8-9,14-15H2,(H,24,26,28). The van der Waals surface area contributed by atoms with E-state index in [4.69, 9.17) is 0 Å². The molecule has 11 aromatic carbocycles. The van der Waals surface area contributed by atoms with E-state index in [-0.39, 0.29) is 42.4 Å². The Morgan fingerprint density at radius 1 is 0.286 bits per heavy atom. The van der Waals surface area contributed by atoms with E-state index in [9.17, 15) is 67.1 Å². The molecule has 0 spiro atoms. The Kier molecular flexibility index (Phi) is 28.8. The Morgan fingerprint density at radius 3 is 0.929 bits per heavy atom. The molecule has 0 aromatic heterocycles. The Bertz CT molecular complexity index is 5500. The van der Waals surface area contributed by atoms with Crippen molar-refractivity contribution >= 4 is 88.6 Å². The number of nitrogens with one attached hydrogen (secondary N) is 4. The summed E-state index contributed by atoms with van der Waals surface area (Å²) in [4.78, 5) is 188. The summed E-state index contributed by atoms with van der Waals surface area (Å²) in [6, 6.07) is 95.7. The number of hydrogen-bond donors (Lipinski definition) is 4. The van der Waals surface area contributed by atoms with Crippen LogP contribution in [0.4, 0.5) is 24.9 Å². The van der Waals surface area contributed by atoms with Crippen molar-refractivity contribution < 1.29 is 67.1 Å². The van der Waals surface area contributed by atoms with Crippen molar-refractivity contribution in [2.24, 2.45) is 23.7 Å². The third-order valence-electron chi connectivity index (χ3n) is 24.1. The van der Waals surface area contributed by atoms with Crippen LogP contribution in [0.25, 0.3) is 0 Å². The van der Waals surface area contributed by atoms with Gasteiger partial charge >= 0.3 is 24.1 Å². The van der Waals surface area contributed by atoms with Gasteiger partial charge in [0.25, 0.3) is 0 Å². The number of rotatable bonds is 22. The lowest BCUT2D eigenvalue weighted by Crippen LogP contribution is -2.62. The van der Waals surface area contributed by atoms with Gasteiger partial charge in [-0.15, -0.1) is 0 Å². The molecule has 0 radical (unpaired) electrons. The predicted molar refractivity (Wildman–Crippen MR) is 474 cm³/mol. The number of benzene rings is 11. The van der Waals surface area contributed by atoms with E-state index in [0.29, 0.717) is 22.4 Å². The van der Waals surface area contributed by atoms with Crippen LogP contribution in [0.2, 0.25) is 0 Å². The maximum absolute atomic E-state index is 14.2. The molecule has 22 heteroatoms. The van der Waals surface area contributed by atoms with Crippen LogP contribution in [0.1, 0.15) is 178 Å². The number of aryl methyl sites for hydroxylation is 1. The van der Waals surface area contributed by atoms with Crippen molar-refractivity contribution in [1.82, 2.24) is 36.0 Å². The molecule has 126 heavy (non-hydrogen) atoms. The molecule has 2 saturated carbocycles. The quantitative estimate of drug-likeness (QED) is 0.0362. The van der Waals surface area contributed by atoms with Gasteiger partial charge in [0.2, 0.25) is 47.3 Å². The van der Waals surface area contributed by atoms with Crippen molar-refractivity contribution in [2.75, 3.05) is 4.90 Å². The molecule has 17 rings (SSSR count). The number of nitrogens with zero attached hydrogens (tertiary/aromatic N) is 4. The number of carbonyl (C=O) groups excluding carboxylic acids is 14. The van der Waals surface area contributed by atoms with E-state index in [1.165, 1.54) is 14.7 Å². The molecule has 6 unspecified atom stereocenters. The predicted octanol–water partition coefficient (Wildman–Crippen LogP) is 17.5. The Hall–Kier alpha value is -14.8. The summed E-state index contributed by atoms with van der Waals surface area (Å²) in [5.74, 6) is -11.5. The molecule has 2 aliphatic carbocycles. The molecule has 4 heterocycles. The molecular formula is C104H96N8O14. The number of barbiturate groups is 4. The van der Waals surface area contributed by atoms with Crippen molar-refractivity contribution in [1.29, 1.82) is 0 Å². The molecule has 0 bridgehead atoms. The highest BCUT2D eigenvalue weighted by Crippen LogP contribution is 2.43. The first-order valence-electron chi connectivity index (χ1n) is 42.7. The van der Waals surface area contributed by atoms with Crippen molar-refractivity contribution in [3.05, 3.63) is 389 Å². The van der Waals surface area contributed by atoms with Crippen LogP contribution < -0.4 is 26.2 Å². The molecular weight excluding hydrogens is 1590 g/mol. The zero-order valence-electron chi connectivity index (χ0n) is 69.5. The average Bonchev–Trinajstić information content (AvgIpc) is 0.756. The molecule has 6 atom stereocenters. The van der Waals surface area contributed by atoms with E-state index < -0.39 is 119 Å². The van der Waals surface area contributed by atoms with Crippen LogP contribution in [-0.4, -0.2) is 110 Å². The largest absolute Gasteiger partial charge is 0.335 e. The molecule has 4 saturated heterocycles. The number of para-hydroxylation sites is 1. The van der Waals surface area contributed by atoms with Crippen molar-refractivity contribution in [3.63, 3.8) is 0 Å². The van der Waals surface area contributed by atoms with Gasteiger partial charge in [-0.1, -0.05) is 360 Å². The lowest BCUT2D eigenvalue weighted by atomic mass is 9.78. The van der Waals surface area contributed by atoms with E-state index in [1.807, 2.05) is 231 Å². The minimum atomic E-state index is -1.21. The minimum Gasteiger partial charge on any atom is -0.294 e. The van der Waals surface area contributed by atoms with Crippen LogP contribution in [0.5, 0.6) is 0 Å². The zero-order chi connectivity index (χ0) is 88.2. The molecule has 22 nitrogen and oxygen atoms in total. The summed E-state index contributed by atoms with van der Waals surface area (Å²) in [5, 5.41) is 9.62. The second kappa shape index (κ2) is 41.4. The third-order valence-corrected chi connectivity index (χ3v) is 24.1. The maximum Gasteiger partial charge on any atom is 0.335 e. The summed E-state index contributed by atoms with van der Waals surface area (Å²) in [7, 11) is 0. The van der Waals surface area contributed by atoms with Gasteiger partial charge in [0.15, 0.2) is 11.6 Å². The second-order valence-electron chi connectivity index (χ2n) is 32.1. The number of hydrogen-bond acceptors (Lipinski definition) is 14. The fourth-order valence-electron chi connectivity index (χ4n) is 18.0. The van der Waals surface area contributed by atoms with E-state index in [2.05, 4.69) is 21.3 Å². The molecule has 4 N–H and O–H groups in total. The number of imide groups is 8. The molecule has 11 aromatic rings. The number of urea groups is 4. The molecule has 4 aliphatic heterocycles. The third kappa shape index (κ3) is 20.3. The fraction of sp³-hybridized carbons (Fsp3) is 0.231. The van der Waals surface area contributed by atoms with E-state index >= 15 is 0 Å². The first kappa shape index (κ1) is 87.5. The van der Waals surface area contributed by atoms with Gasteiger partial charge in [-0.05, 0) is 89.2 Å². The lowest BCUT2D eigenvalue weighted by Gasteiger charge is -2.39. The first-order valence-corrected chi connectivity index (χ1v) is 42.7. The minimum absolute atomic E-state index is 0.00357. The molecule has 636 valence electrons. The normalized spacial score (nSPS) is 18.6. The van der Waals surface area contributed by atoms with Crippen molar-refractivity contribution in [2.45, 2.75) is 126 Å². The van der Waals surface area contributed by atoms with Gasteiger partial charge in [-0.2, -0.15) is 0 Å². The van der Waals surface area contributed by atoms with Crippen LogP contribution in [0.15, 0.2) is 328 Å². The highest BCUT2D eigenvalue weighted by molar-refractivity contribution is 6.28. The lowest BCUT2D eigenvalue weighted by molar-refractivity contribution is -0.147. The van der Waals surface area contributed by atoms with Crippen LogP contribution in [-0.2, 0) is 38.4 Å². The zero-order valence-corrected chi connectivity index (χ0v) is 69.5. The maximum atomic E-state index is 14.2. The van der Waals surface area contributed by atoms with Crippen molar-refractivity contribution in [3.8, 4) is 0 Å². The Labute approximate surface area is 730 Å². The average molecular weight is 1680 g/mol. The van der Waals surface area contributed by atoms with Crippen LogP contribution in [0, 0.1) is 30.6 Å². The monoisotopic (exact) mass is 1680 g/mol. The van der Waals surface area contributed by atoms with Gasteiger partial charge in [0.05, 0.1) is 11.7 Å². The Balaban J connectivity index is 0.000000137. The van der Waals surface area contributed by atoms with Gasteiger partial charge in [0, 0.05) is 59.7 Å². The molecule has 6 fully saturated rings. The fourth-order valence-corrected chi connectivity index (χ4v) is 18.0. The molecule has 16 amide bonds. The van der Waals surface area contributed by atoms with Gasteiger partial charge in [-0.3, -0.25) is 83.9 Å². The summed E-state index contributed by atoms with van der Waals surface area (Å²) in [5.41, 5.74) is 8.88. The first-order chi connectivity index (χ1) is 61.3. The van der Waals surface area contributed by atoms with Gasteiger partial charge in [-0.25, -0.2) is 24.1 Å². The number of amides is 16. The summed E-state index contributed by atoms with van der Waals surface area (Å²) >= 11 is 0. The summed E-state index contributed by atoms with van der Waals surface area (Å²) in [6.07, 6.45) is 9.18. The molecule has 6 aliphatic rings. The van der Waals surface area contributed by atoms with E-state index in [0.717, 1.165) is 114 Å². The number of anilines is 1. The van der Waals surface area contributed by atoms with E-state index in [1.54, 1.807) is 103 Å². The summed E-state index contributed by atoms with van der Waals surface area (Å²) < 4.78 is 0. The van der Waals surface area contributed by atoms with Gasteiger partial charge in [0.1, 0.15) is 23.7 Å². The second-order valence-corrected chi connectivity index (χ2v) is 32.1. The topological polar surface area (TPSA) is 300 Å². The number of ketones is 2. The van der Waals surface area contributed by atoms with Crippen LogP contribution >= 0.6 is 0 Å². The van der Waals surface area contributed by atoms with Crippen LogP contribution in [0.3, 0.4) is 0 Å². The van der Waals surface area contributed by atoms with Gasteiger partial charge < -0.3 is 0 Å². The highest BCUT2D eigenvalue weighted by Gasteiger charge is 2.53. The number of carbonyl (C=O) groups is 14.